The summed E-state index contributed by atoms with van der Waals surface area (Å²) in [7, 11) is 0. The van der Waals surface area contributed by atoms with Gasteiger partial charge in [0.2, 0.25) is 0 Å². The predicted molar refractivity (Wildman–Crippen MR) is 90.2 cm³/mol. The van der Waals surface area contributed by atoms with Crippen molar-refractivity contribution in [2.24, 2.45) is 10.8 Å². The van der Waals surface area contributed by atoms with Crippen LogP contribution in [-0.4, -0.2) is 37.1 Å². The zero-order valence-electron chi connectivity index (χ0n) is 14.9. The zero-order chi connectivity index (χ0) is 15.2. The second-order valence-electron chi connectivity index (χ2n) is 8.58. The Morgan fingerprint density at radius 3 is 2.40 bits per heavy atom. The van der Waals surface area contributed by atoms with Gasteiger partial charge in [-0.1, -0.05) is 60.8 Å². The van der Waals surface area contributed by atoms with Crippen LogP contribution in [0, 0.1) is 10.8 Å². The highest BCUT2D eigenvalue weighted by atomic mass is 15.2. The fourth-order valence-corrected chi connectivity index (χ4v) is 3.25. The molecule has 0 aliphatic carbocycles. The van der Waals surface area contributed by atoms with Gasteiger partial charge in [0.25, 0.3) is 0 Å². The van der Waals surface area contributed by atoms with Crippen LogP contribution in [0.25, 0.3) is 0 Å². The largest absolute Gasteiger partial charge is 0.312 e. The number of unbranched alkanes of at least 4 members (excludes halogenated alkanes) is 2. The molecule has 0 bridgehead atoms. The normalized spacial score (nSPS) is 22.8. The van der Waals surface area contributed by atoms with Crippen molar-refractivity contribution in [3.8, 4) is 0 Å². The first kappa shape index (κ1) is 18.0. The molecule has 2 nitrogen and oxygen atoms in total. The number of nitrogens with zero attached hydrogens (tertiary/aromatic N) is 1. The third-order valence-electron chi connectivity index (χ3n) is 4.64. The summed E-state index contributed by atoms with van der Waals surface area (Å²) in [5, 5.41) is 3.75. The maximum Gasteiger partial charge on any atom is 0.0243 e. The average molecular weight is 283 g/mol. The van der Waals surface area contributed by atoms with Gasteiger partial charge in [-0.05, 0) is 36.8 Å². The van der Waals surface area contributed by atoms with Gasteiger partial charge in [0, 0.05) is 19.1 Å². The third kappa shape index (κ3) is 6.58. The smallest absolute Gasteiger partial charge is 0.0243 e. The van der Waals surface area contributed by atoms with E-state index in [0.29, 0.717) is 16.9 Å². The number of hydrogen-bond donors (Lipinski definition) is 1. The van der Waals surface area contributed by atoms with Crippen LogP contribution in [-0.2, 0) is 0 Å². The Morgan fingerprint density at radius 2 is 1.80 bits per heavy atom. The van der Waals surface area contributed by atoms with Gasteiger partial charge in [0.05, 0.1) is 0 Å². The maximum absolute atomic E-state index is 3.75. The van der Waals surface area contributed by atoms with E-state index < -0.39 is 0 Å². The molecule has 0 radical (unpaired) electrons. The molecule has 1 rings (SSSR count). The molecular formula is C18H38N2. The maximum atomic E-state index is 3.75. The molecule has 1 unspecified atom stereocenters. The molecule has 1 fully saturated rings. The summed E-state index contributed by atoms with van der Waals surface area (Å²) in [5.74, 6) is 0. The van der Waals surface area contributed by atoms with Crippen LogP contribution in [0.15, 0.2) is 0 Å². The summed E-state index contributed by atoms with van der Waals surface area (Å²) in [6, 6.07) is 0.622. The molecule has 0 amide bonds. The summed E-state index contributed by atoms with van der Waals surface area (Å²) in [5.41, 5.74) is 0.816. The monoisotopic (exact) mass is 282 g/mol. The van der Waals surface area contributed by atoms with Crippen molar-refractivity contribution in [3.63, 3.8) is 0 Å². The van der Waals surface area contributed by atoms with Crippen LogP contribution in [0.3, 0.4) is 0 Å². The standard InChI is InChI=1S/C18H38N2/c1-7-8-9-11-18(5,6)15-20-13-10-12-19-16(14-20)17(2,3)4/h16,19H,7-15H2,1-6H3. The van der Waals surface area contributed by atoms with Crippen LogP contribution in [0.5, 0.6) is 0 Å². The summed E-state index contributed by atoms with van der Waals surface area (Å²) < 4.78 is 0. The molecule has 1 heterocycles. The fraction of sp³-hybridized carbons (Fsp3) is 1.00. The summed E-state index contributed by atoms with van der Waals surface area (Å²) >= 11 is 0. The van der Waals surface area contributed by atoms with Gasteiger partial charge in [-0.25, -0.2) is 0 Å². The lowest BCUT2D eigenvalue weighted by atomic mass is 9.84. The molecule has 20 heavy (non-hydrogen) atoms. The topological polar surface area (TPSA) is 15.3 Å². The van der Waals surface area contributed by atoms with Crippen molar-refractivity contribution in [3.05, 3.63) is 0 Å². The van der Waals surface area contributed by atoms with Crippen molar-refractivity contribution in [1.82, 2.24) is 10.2 Å². The molecule has 0 aromatic carbocycles. The van der Waals surface area contributed by atoms with Crippen LogP contribution in [0.2, 0.25) is 0 Å². The Morgan fingerprint density at radius 1 is 1.10 bits per heavy atom. The number of hydrogen-bond acceptors (Lipinski definition) is 2. The van der Waals surface area contributed by atoms with Gasteiger partial charge in [-0.15, -0.1) is 0 Å². The first-order valence-corrected chi connectivity index (χ1v) is 8.70. The first-order chi connectivity index (χ1) is 9.24. The highest BCUT2D eigenvalue weighted by Gasteiger charge is 2.30. The van der Waals surface area contributed by atoms with Crippen molar-refractivity contribution < 1.29 is 0 Å². The minimum absolute atomic E-state index is 0.356. The quantitative estimate of drug-likeness (QED) is 0.731. The molecule has 120 valence electrons. The number of rotatable bonds is 6. The second-order valence-corrected chi connectivity index (χ2v) is 8.58. The Kier molecular flexibility index (Phi) is 7.00. The van der Waals surface area contributed by atoms with Crippen LogP contribution >= 0.6 is 0 Å². The lowest BCUT2D eigenvalue weighted by molar-refractivity contribution is 0.139. The van der Waals surface area contributed by atoms with Gasteiger partial charge in [0.1, 0.15) is 0 Å². The SMILES string of the molecule is CCCCCC(C)(C)CN1CCCNC(C(C)(C)C)C1. The van der Waals surface area contributed by atoms with E-state index in [1.807, 2.05) is 0 Å². The Hall–Kier alpha value is -0.0800. The predicted octanol–water partition coefficient (Wildman–Crippen LogP) is 4.30. The van der Waals surface area contributed by atoms with E-state index in [4.69, 9.17) is 0 Å². The number of nitrogens with one attached hydrogen (secondary N) is 1. The van der Waals surface area contributed by atoms with Gasteiger partial charge in [-0.2, -0.15) is 0 Å². The second kappa shape index (κ2) is 7.79. The Labute approximate surface area is 127 Å². The van der Waals surface area contributed by atoms with Crippen LogP contribution in [0.4, 0.5) is 0 Å². The van der Waals surface area contributed by atoms with E-state index in [1.165, 1.54) is 58.3 Å². The lowest BCUT2D eigenvalue weighted by Gasteiger charge is -2.37. The van der Waals surface area contributed by atoms with E-state index in [0.717, 1.165) is 0 Å². The van der Waals surface area contributed by atoms with Gasteiger partial charge in [0.15, 0.2) is 0 Å². The molecule has 2 heteroatoms. The van der Waals surface area contributed by atoms with Crippen molar-refractivity contribution in [2.45, 2.75) is 79.7 Å². The third-order valence-corrected chi connectivity index (χ3v) is 4.64. The molecule has 1 aliphatic heterocycles. The van der Waals surface area contributed by atoms with Crippen LogP contribution < -0.4 is 5.32 Å². The van der Waals surface area contributed by atoms with E-state index in [1.54, 1.807) is 0 Å². The average Bonchev–Trinajstić information content (AvgIpc) is 2.53. The fourth-order valence-electron chi connectivity index (χ4n) is 3.25. The zero-order valence-corrected chi connectivity index (χ0v) is 14.9. The molecule has 0 saturated carbocycles. The Balaban J connectivity index is 2.51. The van der Waals surface area contributed by atoms with E-state index in [2.05, 4.69) is 51.8 Å². The molecule has 1 N–H and O–H groups in total. The highest BCUT2D eigenvalue weighted by Crippen LogP contribution is 2.27. The Bertz CT molecular complexity index is 265. The van der Waals surface area contributed by atoms with E-state index >= 15 is 0 Å². The molecular weight excluding hydrogens is 244 g/mol. The van der Waals surface area contributed by atoms with E-state index in [-0.39, 0.29) is 0 Å². The molecule has 0 aromatic rings. The van der Waals surface area contributed by atoms with Crippen molar-refractivity contribution in [1.29, 1.82) is 0 Å². The molecule has 1 aliphatic rings. The van der Waals surface area contributed by atoms with E-state index in [9.17, 15) is 0 Å². The summed E-state index contributed by atoms with van der Waals surface area (Å²) in [4.78, 5) is 2.71. The molecule has 1 saturated heterocycles. The minimum Gasteiger partial charge on any atom is -0.312 e. The molecule has 1 atom stereocenters. The van der Waals surface area contributed by atoms with Crippen molar-refractivity contribution >= 4 is 0 Å². The van der Waals surface area contributed by atoms with Crippen LogP contribution in [0.1, 0.15) is 73.6 Å². The molecule has 0 spiro atoms. The molecule has 0 aromatic heterocycles. The minimum atomic E-state index is 0.356. The van der Waals surface area contributed by atoms with Crippen molar-refractivity contribution in [2.75, 3.05) is 26.2 Å². The van der Waals surface area contributed by atoms with Gasteiger partial charge >= 0.3 is 0 Å². The van der Waals surface area contributed by atoms with Gasteiger partial charge < -0.3 is 10.2 Å². The lowest BCUT2D eigenvalue weighted by Crippen LogP contribution is -2.47. The van der Waals surface area contributed by atoms with Gasteiger partial charge in [-0.3, -0.25) is 0 Å². The highest BCUT2D eigenvalue weighted by molar-refractivity contribution is 4.87. The summed E-state index contributed by atoms with van der Waals surface area (Å²) in [6.45, 7) is 19.2. The summed E-state index contributed by atoms with van der Waals surface area (Å²) in [6.07, 6.45) is 6.76. The first-order valence-electron chi connectivity index (χ1n) is 8.70.